The number of aryl methyl sites for hydroxylation is 2. The van der Waals surface area contributed by atoms with E-state index in [9.17, 15) is 4.79 Å². The van der Waals surface area contributed by atoms with Crippen molar-refractivity contribution in [1.29, 1.82) is 0 Å². The molecule has 0 saturated carbocycles. The first-order valence-electron chi connectivity index (χ1n) is 7.43. The van der Waals surface area contributed by atoms with Gasteiger partial charge in [-0.05, 0) is 26.7 Å². The lowest BCUT2D eigenvalue weighted by atomic mass is 10.1. The number of imidazole rings is 1. The van der Waals surface area contributed by atoms with Crippen molar-refractivity contribution >= 4 is 5.91 Å². The molecule has 1 unspecified atom stereocenters. The van der Waals surface area contributed by atoms with E-state index in [1.54, 1.807) is 0 Å². The summed E-state index contributed by atoms with van der Waals surface area (Å²) in [5, 5.41) is 0. The zero-order chi connectivity index (χ0) is 14.9. The smallest absolute Gasteiger partial charge is 0.239 e. The Morgan fingerprint density at radius 1 is 1.35 bits per heavy atom. The van der Waals surface area contributed by atoms with E-state index in [4.69, 9.17) is 0 Å². The molecule has 1 aliphatic rings. The van der Waals surface area contributed by atoms with Gasteiger partial charge in [0, 0.05) is 25.3 Å². The molecule has 1 fully saturated rings. The van der Waals surface area contributed by atoms with Gasteiger partial charge < -0.3 is 9.88 Å². The van der Waals surface area contributed by atoms with Crippen LogP contribution in [0.15, 0.2) is 0 Å². The molecule has 5 heteroatoms. The van der Waals surface area contributed by atoms with E-state index in [0.717, 1.165) is 43.4 Å². The molecule has 0 radical (unpaired) electrons. The number of nitrogens with zero attached hydrogens (tertiary/aromatic N) is 3. The number of hydrogen-bond donors (Lipinski definition) is 1. The Bertz CT molecular complexity index is 461. The van der Waals surface area contributed by atoms with Crippen LogP contribution < -0.4 is 0 Å². The molecule has 0 spiro atoms. The van der Waals surface area contributed by atoms with Gasteiger partial charge in [-0.15, -0.1) is 0 Å². The summed E-state index contributed by atoms with van der Waals surface area (Å²) in [6, 6.07) is -0.0618. The molecular weight excluding hydrogens is 252 g/mol. The quantitative estimate of drug-likeness (QED) is 0.912. The van der Waals surface area contributed by atoms with Gasteiger partial charge in [0.05, 0.1) is 18.3 Å². The van der Waals surface area contributed by atoms with Gasteiger partial charge >= 0.3 is 0 Å². The average Bonchev–Trinajstić information content (AvgIpc) is 2.68. The fourth-order valence-electron chi connectivity index (χ4n) is 2.70. The Labute approximate surface area is 121 Å². The monoisotopic (exact) mass is 278 g/mol. The number of rotatable bonds is 4. The fraction of sp³-hybridized carbons (Fsp3) is 0.733. The number of nitrogens with one attached hydrogen (secondary N) is 1. The minimum Gasteiger partial charge on any atom is -0.345 e. The second-order valence-electron chi connectivity index (χ2n) is 6.22. The van der Waals surface area contributed by atoms with E-state index in [1.165, 1.54) is 0 Å². The number of aromatic amines is 1. The molecule has 0 aromatic carbocycles. The maximum Gasteiger partial charge on any atom is 0.239 e. The summed E-state index contributed by atoms with van der Waals surface area (Å²) in [5.74, 6) is 1.72. The van der Waals surface area contributed by atoms with Crippen molar-refractivity contribution in [2.24, 2.45) is 5.92 Å². The molecule has 20 heavy (non-hydrogen) atoms. The minimum atomic E-state index is -0.0618. The molecule has 1 aromatic rings. The highest BCUT2D eigenvalue weighted by Crippen LogP contribution is 2.16. The third-order valence-corrected chi connectivity index (χ3v) is 3.99. The maximum absolute atomic E-state index is 12.4. The van der Waals surface area contributed by atoms with E-state index >= 15 is 0 Å². The predicted octanol–water partition coefficient (Wildman–Crippen LogP) is 1.72. The molecule has 1 saturated heterocycles. The number of carbonyl (C=O) groups is 1. The largest absolute Gasteiger partial charge is 0.345 e. The van der Waals surface area contributed by atoms with Gasteiger partial charge in [0.2, 0.25) is 5.91 Å². The van der Waals surface area contributed by atoms with Crippen LogP contribution in [0.1, 0.15) is 38.0 Å². The normalized spacial score (nSPS) is 21.0. The van der Waals surface area contributed by atoms with E-state index in [0.29, 0.717) is 5.92 Å². The molecule has 1 atom stereocenters. The van der Waals surface area contributed by atoms with Crippen LogP contribution in [0.3, 0.4) is 0 Å². The van der Waals surface area contributed by atoms with Gasteiger partial charge in [-0.25, -0.2) is 4.98 Å². The first-order valence-corrected chi connectivity index (χ1v) is 7.43. The third-order valence-electron chi connectivity index (χ3n) is 3.99. The van der Waals surface area contributed by atoms with Crippen molar-refractivity contribution in [2.75, 3.05) is 19.6 Å². The summed E-state index contributed by atoms with van der Waals surface area (Å²) >= 11 is 0. The second kappa shape index (κ2) is 5.95. The van der Waals surface area contributed by atoms with Gasteiger partial charge in [-0.2, -0.15) is 0 Å². The molecule has 2 rings (SSSR count). The number of H-pyrrole nitrogens is 1. The number of amides is 1. The van der Waals surface area contributed by atoms with Crippen LogP contribution in [0.2, 0.25) is 0 Å². The average molecular weight is 278 g/mol. The molecule has 1 N–H and O–H groups in total. The SMILES string of the molecule is Cc1nc(CN2CCN(CC(C)C)C(=O)C2C)[nH]c1C. The zero-order valence-electron chi connectivity index (χ0n) is 13.2. The summed E-state index contributed by atoms with van der Waals surface area (Å²) < 4.78 is 0. The number of hydrogen-bond acceptors (Lipinski definition) is 3. The molecule has 0 aliphatic carbocycles. The van der Waals surface area contributed by atoms with Crippen molar-refractivity contribution in [2.45, 2.75) is 47.2 Å². The van der Waals surface area contributed by atoms with Crippen LogP contribution in [0.25, 0.3) is 0 Å². The van der Waals surface area contributed by atoms with Crippen molar-refractivity contribution < 1.29 is 4.79 Å². The van der Waals surface area contributed by atoms with E-state index in [2.05, 4.69) is 28.7 Å². The first-order chi connectivity index (χ1) is 9.38. The van der Waals surface area contributed by atoms with Crippen LogP contribution in [0, 0.1) is 19.8 Å². The predicted molar refractivity (Wildman–Crippen MR) is 79.4 cm³/mol. The van der Waals surface area contributed by atoms with E-state index < -0.39 is 0 Å². The number of carbonyl (C=O) groups excluding carboxylic acids is 1. The Morgan fingerprint density at radius 3 is 2.60 bits per heavy atom. The van der Waals surface area contributed by atoms with Crippen LogP contribution in [0.5, 0.6) is 0 Å². The lowest BCUT2D eigenvalue weighted by Crippen LogP contribution is -2.56. The van der Waals surface area contributed by atoms with Gasteiger partial charge in [-0.1, -0.05) is 13.8 Å². The van der Waals surface area contributed by atoms with Crippen molar-refractivity contribution in [3.63, 3.8) is 0 Å². The molecule has 5 nitrogen and oxygen atoms in total. The third kappa shape index (κ3) is 3.20. The topological polar surface area (TPSA) is 52.2 Å². The van der Waals surface area contributed by atoms with Crippen LogP contribution in [-0.4, -0.2) is 51.4 Å². The highest BCUT2D eigenvalue weighted by atomic mass is 16.2. The fourth-order valence-corrected chi connectivity index (χ4v) is 2.70. The highest BCUT2D eigenvalue weighted by Gasteiger charge is 2.31. The Kier molecular flexibility index (Phi) is 4.48. The summed E-state index contributed by atoms with van der Waals surface area (Å²) in [6.45, 7) is 13.6. The van der Waals surface area contributed by atoms with Crippen molar-refractivity contribution in [3.8, 4) is 0 Å². The molecular formula is C15H26N4O. The lowest BCUT2D eigenvalue weighted by molar-refractivity contribution is -0.142. The number of aromatic nitrogens is 2. The number of piperazine rings is 1. The molecule has 1 amide bonds. The maximum atomic E-state index is 12.4. The Hall–Kier alpha value is -1.36. The highest BCUT2D eigenvalue weighted by molar-refractivity contribution is 5.82. The lowest BCUT2D eigenvalue weighted by Gasteiger charge is -2.39. The molecule has 112 valence electrons. The molecule has 1 aliphatic heterocycles. The van der Waals surface area contributed by atoms with Gasteiger partial charge in [-0.3, -0.25) is 9.69 Å². The summed E-state index contributed by atoms with van der Waals surface area (Å²) in [4.78, 5) is 24.4. The van der Waals surface area contributed by atoms with E-state index in [-0.39, 0.29) is 11.9 Å². The summed E-state index contributed by atoms with van der Waals surface area (Å²) in [6.07, 6.45) is 0. The Balaban J connectivity index is 2.00. The van der Waals surface area contributed by atoms with Crippen LogP contribution in [-0.2, 0) is 11.3 Å². The first kappa shape index (κ1) is 15.0. The standard InChI is InChI=1S/C15H26N4O/c1-10(2)8-19-7-6-18(13(5)15(19)20)9-14-16-11(3)12(4)17-14/h10,13H,6-9H2,1-5H3,(H,16,17). The van der Waals surface area contributed by atoms with Crippen molar-refractivity contribution in [1.82, 2.24) is 19.8 Å². The van der Waals surface area contributed by atoms with E-state index in [1.807, 2.05) is 25.7 Å². The van der Waals surface area contributed by atoms with Gasteiger partial charge in [0.1, 0.15) is 5.82 Å². The molecule has 2 heterocycles. The summed E-state index contributed by atoms with van der Waals surface area (Å²) in [7, 11) is 0. The zero-order valence-corrected chi connectivity index (χ0v) is 13.2. The van der Waals surface area contributed by atoms with Gasteiger partial charge in [0.15, 0.2) is 0 Å². The Morgan fingerprint density at radius 2 is 2.05 bits per heavy atom. The second-order valence-corrected chi connectivity index (χ2v) is 6.22. The van der Waals surface area contributed by atoms with Crippen LogP contribution >= 0.6 is 0 Å². The van der Waals surface area contributed by atoms with Crippen LogP contribution in [0.4, 0.5) is 0 Å². The minimum absolute atomic E-state index is 0.0618. The molecule has 1 aromatic heterocycles. The van der Waals surface area contributed by atoms with Gasteiger partial charge in [0.25, 0.3) is 0 Å². The molecule has 0 bridgehead atoms. The van der Waals surface area contributed by atoms with Crippen molar-refractivity contribution in [3.05, 3.63) is 17.2 Å². The summed E-state index contributed by atoms with van der Waals surface area (Å²) in [5.41, 5.74) is 2.15.